The molecular weight excluding hydrogens is 248 g/mol. The minimum Gasteiger partial charge on any atom is -0.389 e. The van der Waals surface area contributed by atoms with Crippen LogP contribution < -0.4 is 5.32 Å². The Morgan fingerprint density at radius 2 is 1.80 bits per heavy atom. The van der Waals surface area contributed by atoms with Gasteiger partial charge in [-0.1, -0.05) is 32.6 Å². The molecule has 20 heavy (non-hydrogen) atoms. The van der Waals surface area contributed by atoms with Crippen LogP contribution in [0.3, 0.4) is 0 Å². The van der Waals surface area contributed by atoms with Crippen LogP contribution in [0.1, 0.15) is 65.2 Å². The van der Waals surface area contributed by atoms with Crippen molar-refractivity contribution < 1.29 is 5.11 Å². The van der Waals surface area contributed by atoms with Crippen molar-refractivity contribution in [3.63, 3.8) is 0 Å². The van der Waals surface area contributed by atoms with Crippen molar-refractivity contribution in [2.24, 2.45) is 5.41 Å². The Morgan fingerprint density at radius 3 is 2.35 bits per heavy atom. The average Bonchev–Trinajstić information content (AvgIpc) is 2.61. The zero-order valence-corrected chi connectivity index (χ0v) is 13.6. The molecule has 2 fully saturated rings. The molecule has 3 heteroatoms. The average molecular weight is 282 g/mol. The molecule has 0 spiro atoms. The van der Waals surface area contributed by atoms with Crippen LogP contribution in [0.5, 0.6) is 0 Å². The van der Waals surface area contributed by atoms with E-state index in [0.717, 1.165) is 26.1 Å². The van der Waals surface area contributed by atoms with Gasteiger partial charge in [-0.15, -0.1) is 0 Å². The molecule has 2 aliphatic rings. The lowest BCUT2D eigenvalue weighted by molar-refractivity contribution is 0.0581. The molecule has 2 N–H and O–H groups in total. The molecule has 118 valence electrons. The fourth-order valence-electron chi connectivity index (χ4n) is 4.05. The molecule has 1 aliphatic carbocycles. The Hall–Kier alpha value is -0.120. The van der Waals surface area contributed by atoms with Crippen LogP contribution in [-0.2, 0) is 0 Å². The normalized spacial score (nSPS) is 31.4. The third-order valence-electron chi connectivity index (χ3n) is 5.18. The lowest BCUT2D eigenvalue weighted by Gasteiger charge is -2.37. The third kappa shape index (κ3) is 4.71. The number of β-amino-alcohol motifs (C(OH)–C–C–N with tert-alkyl or cyclic N) is 1. The number of hydrogen-bond donors (Lipinski definition) is 2. The van der Waals surface area contributed by atoms with Crippen molar-refractivity contribution in [3.8, 4) is 0 Å². The van der Waals surface area contributed by atoms with Crippen molar-refractivity contribution >= 4 is 0 Å². The van der Waals surface area contributed by atoms with Gasteiger partial charge in [0.15, 0.2) is 0 Å². The number of aliphatic hydroxyl groups is 1. The molecule has 1 saturated heterocycles. The quantitative estimate of drug-likeness (QED) is 0.581. The SMILES string of the molecule is CCCNCC1(CN2CCC(C)(O)C2)CCCCCC1. The molecular formula is C17H34N2O. The first-order valence-electron chi connectivity index (χ1n) is 8.71. The second-order valence-electron chi connectivity index (χ2n) is 7.55. The first-order chi connectivity index (χ1) is 9.55. The molecule has 1 unspecified atom stereocenters. The van der Waals surface area contributed by atoms with Gasteiger partial charge in [-0.2, -0.15) is 0 Å². The molecule has 1 aliphatic heterocycles. The third-order valence-corrected chi connectivity index (χ3v) is 5.18. The van der Waals surface area contributed by atoms with Crippen molar-refractivity contribution in [2.75, 3.05) is 32.7 Å². The van der Waals surface area contributed by atoms with Gasteiger partial charge >= 0.3 is 0 Å². The minimum absolute atomic E-state index is 0.450. The summed E-state index contributed by atoms with van der Waals surface area (Å²) in [4.78, 5) is 2.51. The predicted molar refractivity (Wildman–Crippen MR) is 85.0 cm³/mol. The Morgan fingerprint density at radius 1 is 1.10 bits per heavy atom. The summed E-state index contributed by atoms with van der Waals surface area (Å²) in [6, 6.07) is 0. The first-order valence-corrected chi connectivity index (χ1v) is 8.71. The van der Waals surface area contributed by atoms with Crippen LogP contribution >= 0.6 is 0 Å². The number of rotatable bonds is 6. The maximum Gasteiger partial charge on any atom is 0.0758 e. The zero-order chi connectivity index (χ0) is 14.5. The van der Waals surface area contributed by atoms with Crippen LogP contribution in [0.15, 0.2) is 0 Å². The molecule has 1 saturated carbocycles. The van der Waals surface area contributed by atoms with E-state index in [1.54, 1.807) is 0 Å². The fraction of sp³-hybridized carbons (Fsp3) is 1.00. The first kappa shape index (κ1) is 16.3. The molecule has 1 atom stereocenters. The number of hydrogen-bond acceptors (Lipinski definition) is 3. The Kier molecular flexibility index (Phi) is 5.88. The summed E-state index contributed by atoms with van der Waals surface area (Å²) in [5.41, 5.74) is -0.00510. The summed E-state index contributed by atoms with van der Waals surface area (Å²) in [6.07, 6.45) is 10.5. The van der Waals surface area contributed by atoms with E-state index in [1.165, 1.54) is 58.0 Å². The lowest BCUT2D eigenvalue weighted by Crippen LogP contribution is -2.44. The molecule has 3 nitrogen and oxygen atoms in total. The van der Waals surface area contributed by atoms with E-state index in [0.29, 0.717) is 5.41 Å². The second-order valence-corrected chi connectivity index (χ2v) is 7.55. The van der Waals surface area contributed by atoms with E-state index >= 15 is 0 Å². The van der Waals surface area contributed by atoms with Gasteiger partial charge in [-0.05, 0) is 44.6 Å². The van der Waals surface area contributed by atoms with Crippen LogP contribution in [0.4, 0.5) is 0 Å². The van der Waals surface area contributed by atoms with E-state index in [1.807, 2.05) is 6.92 Å². The van der Waals surface area contributed by atoms with Crippen molar-refractivity contribution in [1.29, 1.82) is 0 Å². The summed E-state index contributed by atoms with van der Waals surface area (Å²) >= 11 is 0. The van der Waals surface area contributed by atoms with Gasteiger partial charge in [0.25, 0.3) is 0 Å². The Bertz CT molecular complexity index is 283. The standard InChI is InChI=1S/C17H34N2O/c1-3-11-18-13-17(8-6-4-5-7-9-17)15-19-12-10-16(2,20)14-19/h18,20H,3-15H2,1-2H3. The molecule has 0 aromatic carbocycles. The number of likely N-dealkylation sites (tertiary alicyclic amines) is 1. The van der Waals surface area contributed by atoms with Gasteiger partial charge in [-0.3, -0.25) is 4.90 Å². The summed E-state index contributed by atoms with van der Waals surface area (Å²) in [5.74, 6) is 0. The maximum absolute atomic E-state index is 10.2. The van der Waals surface area contributed by atoms with Crippen molar-refractivity contribution in [3.05, 3.63) is 0 Å². The highest BCUT2D eigenvalue weighted by Gasteiger charge is 2.38. The predicted octanol–water partition coefficient (Wildman–Crippen LogP) is 2.78. The number of nitrogens with one attached hydrogen (secondary N) is 1. The smallest absolute Gasteiger partial charge is 0.0758 e. The Balaban J connectivity index is 1.94. The van der Waals surface area contributed by atoms with Gasteiger partial charge in [0.2, 0.25) is 0 Å². The Labute approximate surface area is 125 Å². The van der Waals surface area contributed by atoms with E-state index in [4.69, 9.17) is 0 Å². The molecule has 1 heterocycles. The van der Waals surface area contributed by atoms with Gasteiger partial charge in [0.1, 0.15) is 0 Å². The highest BCUT2D eigenvalue weighted by molar-refractivity contribution is 4.92. The lowest BCUT2D eigenvalue weighted by atomic mass is 9.79. The molecule has 0 aromatic heterocycles. The summed E-state index contributed by atoms with van der Waals surface area (Å²) < 4.78 is 0. The van der Waals surface area contributed by atoms with Crippen LogP contribution in [0.25, 0.3) is 0 Å². The summed E-state index contributed by atoms with van der Waals surface area (Å²) in [7, 11) is 0. The zero-order valence-electron chi connectivity index (χ0n) is 13.6. The molecule has 0 bridgehead atoms. The van der Waals surface area contributed by atoms with E-state index in [2.05, 4.69) is 17.1 Å². The minimum atomic E-state index is -0.456. The largest absolute Gasteiger partial charge is 0.389 e. The number of nitrogens with zero attached hydrogens (tertiary/aromatic N) is 1. The molecule has 0 radical (unpaired) electrons. The molecule has 0 aromatic rings. The van der Waals surface area contributed by atoms with Crippen LogP contribution in [-0.4, -0.2) is 48.3 Å². The summed E-state index contributed by atoms with van der Waals surface area (Å²) in [6.45, 7) is 9.65. The highest BCUT2D eigenvalue weighted by atomic mass is 16.3. The van der Waals surface area contributed by atoms with Crippen LogP contribution in [0.2, 0.25) is 0 Å². The van der Waals surface area contributed by atoms with Crippen molar-refractivity contribution in [2.45, 2.75) is 70.8 Å². The van der Waals surface area contributed by atoms with Gasteiger partial charge in [0, 0.05) is 26.2 Å². The topological polar surface area (TPSA) is 35.5 Å². The fourth-order valence-corrected chi connectivity index (χ4v) is 4.05. The van der Waals surface area contributed by atoms with E-state index in [-0.39, 0.29) is 0 Å². The van der Waals surface area contributed by atoms with E-state index < -0.39 is 5.60 Å². The molecule has 0 amide bonds. The maximum atomic E-state index is 10.2. The highest BCUT2D eigenvalue weighted by Crippen LogP contribution is 2.37. The monoisotopic (exact) mass is 282 g/mol. The van der Waals surface area contributed by atoms with Gasteiger partial charge < -0.3 is 10.4 Å². The molecule has 2 rings (SSSR count). The van der Waals surface area contributed by atoms with Gasteiger partial charge in [0.05, 0.1) is 5.60 Å². The van der Waals surface area contributed by atoms with Gasteiger partial charge in [-0.25, -0.2) is 0 Å². The van der Waals surface area contributed by atoms with E-state index in [9.17, 15) is 5.11 Å². The van der Waals surface area contributed by atoms with Crippen LogP contribution in [0, 0.1) is 5.41 Å². The van der Waals surface area contributed by atoms with Crippen molar-refractivity contribution in [1.82, 2.24) is 10.2 Å². The second kappa shape index (κ2) is 7.24. The summed E-state index contributed by atoms with van der Waals surface area (Å²) in [5, 5.41) is 13.9.